The van der Waals surface area contributed by atoms with Crippen LogP contribution < -0.4 is 0 Å². The van der Waals surface area contributed by atoms with Gasteiger partial charge in [-0.15, -0.1) is 0 Å². The van der Waals surface area contributed by atoms with Crippen LogP contribution in [0, 0.1) is 0 Å². The second-order valence-electron chi connectivity index (χ2n) is 4.57. The minimum Gasteiger partial charge on any atom is -0.300 e. The Bertz CT molecular complexity index is 729. The largest absolute Gasteiger partial charge is 0.300 e. The summed E-state index contributed by atoms with van der Waals surface area (Å²) in [6.07, 6.45) is 0.351. The number of Topliss-reactive ketones (excluding diaryl/α,β-unsaturated/α-hetero) is 1. The molecule has 3 aromatic rings. The Balaban J connectivity index is 2.27. The maximum atomic E-state index is 11.4. The third-order valence-electron chi connectivity index (χ3n) is 3.05. The Morgan fingerprint density at radius 1 is 1.05 bits per heavy atom. The molecule has 1 heterocycles. The average Bonchev–Trinajstić information content (AvgIpc) is 2.76. The van der Waals surface area contributed by atoms with Gasteiger partial charge in [0.1, 0.15) is 11.6 Å². The van der Waals surface area contributed by atoms with E-state index in [4.69, 9.17) is 0 Å². The topological polar surface area (TPSA) is 34.9 Å². The molecule has 0 aliphatic heterocycles. The van der Waals surface area contributed by atoms with Crippen LogP contribution in [0.4, 0.5) is 0 Å². The molecule has 1 aromatic heterocycles. The number of hydrogen-bond acceptors (Lipinski definition) is 2. The molecule has 0 saturated heterocycles. The highest BCUT2D eigenvalue weighted by atomic mass is 16.1. The van der Waals surface area contributed by atoms with Gasteiger partial charge in [-0.3, -0.25) is 9.36 Å². The molecule has 0 aliphatic rings. The van der Waals surface area contributed by atoms with Crippen LogP contribution in [0.25, 0.3) is 16.7 Å². The summed E-state index contributed by atoms with van der Waals surface area (Å²) in [6, 6.07) is 18.0. The quantitative estimate of drug-likeness (QED) is 0.715. The monoisotopic (exact) mass is 250 g/mol. The van der Waals surface area contributed by atoms with E-state index in [-0.39, 0.29) is 5.78 Å². The number of carbonyl (C=O) groups is 1. The first-order valence-electron chi connectivity index (χ1n) is 6.27. The van der Waals surface area contributed by atoms with Crippen molar-refractivity contribution in [3.8, 4) is 5.69 Å². The Kier molecular flexibility index (Phi) is 2.88. The molecule has 0 aliphatic carbocycles. The zero-order valence-corrected chi connectivity index (χ0v) is 10.7. The average molecular weight is 250 g/mol. The number of carbonyl (C=O) groups excluding carboxylic acids is 1. The Morgan fingerprint density at radius 3 is 2.47 bits per heavy atom. The number of para-hydroxylation sites is 3. The van der Waals surface area contributed by atoms with Gasteiger partial charge in [0.15, 0.2) is 0 Å². The molecule has 0 bridgehead atoms. The van der Waals surface area contributed by atoms with Crippen molar-refractivity contribution in [2.45, 2.75) is 13.3 Å². The van der Waals surface area contributed by atoms with Crippen molar-refractivity contribution in [3.63, 3.8) is 0 Å². The summed E-state index contributed by atoms with van der Waals surface area (Å²) < 4.78 is 2.05. The predicted molar refractivity (Wildman–Crippen MR) is 75.5 cm³/mol. The lowest BCUT2D eigenvalue weighted by molar-refractivity contribution is -0.116. The fraction of sp³-hybridized carbons (Fsp3) is 0.125. The summed E-state index contributed by atoms with van der Waals surface area (Å²) in [4.78, 5) is 16.0. The van der Waals surface area contributed by atoms with Crippen LogP contribution in [-0.2, 0) is 11.2 Å². The van der Waals surface area contributed by atoms with Gasteiger partial charge >= 0.3 is 0 Å². The molecule has 0 radical (unpaired) electrons. The number of nitrogens with zero attached hydrogens (tertiary/aromatic N) is 2. The highest BCUT2D eigenvalue weighted by molar-refractivity contribution is 5.82. The molecule has 0 spiro atoms. The molecule has 0 amide bonds. The van der Waals surface area contributed by atoms with E-state index in [0.29, 0.717) is 6.42 Å². The van der Waals surface area contributed by atoms with Gasteiger partial charge in [0, 0.05) is 5.69 Å². The van der Waals surface area contributed by atoms with Gasteiger partial charge in [0.2, 0.25) is 0 Å². The first-order chi connectivity index (χ1) is 9.25. The molecule has 0 fully saturated rings. The Morgan fingerprint density at radius 2 is 1.74 bits per heavy atom. The van der Waals surface area contributed by atoms with Gasteiger partial charge in [-0.05, 0) is 31.2 Å². The zero-order valence-electron chi connectivity index (χ0n) is 10.7. The summed E-state index contributed by atoms with van der Waals surface area (Å²) in [7, 11) is 0. The first-order valence-corrected chi connectivity index (χ1v) is 6.27. The lowest BCUT2D eigenvalue weighted by Crippen LogP contribution is -2.06. The molecule has 94 valence electrons. The number of fused-ring (bicyclic) bond motifs is 1. The molecule has 0 N–H and O–H groups in total. The van der Waals surface area contributed by atoms with Crippen molar-refractivity contribution >= 4 is 16.8 Å². The number of aromatic nitrogens is 2. The normalized spacial score (nSPS) is 10.8. The van der Waals surface area contributed by atoms with Crippen LogP contribution in [0.15, 0.2) is 54.6 Å². The van der Waals surface area contributed by atoms with Gasteiger partial charge in [-0.25, -0.2) is 4.98 Å². The van der Waals surface area contributed by atoms with E-state index in [1.54, 1.807) is 6.92 Å². The van der Waals surface area contributed by atoms with Crippen molar-refractivity contribution in [2.24, 2.45) is 0 Å². The Labute approximate surface area is 111 Å². The maximum Gasteiger partial charge on any atom is 0.137 e. The molecule has 2 aromatic carbocycles. The van der Waals surface area contributed by atoms with Gasteiger partial charge in [0.05, 0.1) is 17.5 Å². The van der Waals surface area contributed by atoms with Crippen LogP contribution in [0.3, 0.4) is 0 Å². The predicted octanol–water partition coefficient (Wildman–Crippen LogP) is 3.16. The highest BCUT2D eigenvalue weighted by Gasteiger charge is 2.12. The molecule has 3 nitrogen and oxygen atoms in total. The van der Waals surface area contributed by atoms with Crippen LogP contribution in [0.2, 0.25) is 0 Å². The third kappa shape index (κ3) is 2.15. The summed E-state index contributed by atoms with van der Waals surface area (Å²) in [6.45, 7) is 1.59. The van der Waals surface area contributed by atoms with Crippen molar-refractivity contribution in [1.82, 2.24) is 9.55 Å². The fourth-order valence-corrected chi connectivity index (χ4v) is 2.28. The van der Waals surface area contributed by atoms with Crippen molar-refractivity contribution in [2.75, 3.05) is 0 Å². The SMILES string of the molecule is CC(=O)Cc1nc2ccccc2n1-c1ccccc1. The number of hydrogen-bond donors (Lipinski definition) is 0. The van der Waals surface area contributed by atoms with Crippen LogP contribution in [0.1, 0.15) is 12.7 Å². The highest BCUT2D eigenvalue weighted by Crippen LogP contribution is 2.21. The van der Waals surface area contributed by atoms with Gasteiger partial charge in [0.25, 0.3) is 0 Å². The number of benzene rings is 2. The first kappa shape index (κ1) is 11.7. The molecule has 0 saturated carbocycles. The molecular weight excluding hydrogens is 236 g/mol. The lowest BCUT2D eigenvalue weighted by Gasteiger charge is -2.08. The van der Waals surface area contributed by atoms with E-state index in [0.717, 1.165) is 22.5 Å². The molecule has 0 unspecified atom stereocenters. The Hall–Kier alpha value is -2.42. The van der Waals surface area contributed by atoms with Crippen molar-refractivity contribution in [1.29, 1.82) is 0 Å². The van der Waals surface area contributed by atoms with Gasteiger partial charge in [-0.2, -0.15) is 0 Å². The van der Waals surface area contributed by atoms with Gasteiger partial charge in [-0.1, -0.05) is 30.3 Å². The van der Waals surface area contributed by atoms with E-state index in [9.17, 15) is 4.79 Å². The van der Waals surface area contributed by atoms with E-state index in [2.05, 4.69) is 9.55 Å². The smallest absolute Gasteiger partial charge is 0.137 e. The number of rotatable bonds is 3. The molecule has 19 heavy (non-hydrogen) atoms. The van der Waals surface area contributed by atoms with E-state index < -0.39 is 0 Å². The standard InChI is InChI=1S/C16H14N2O/c1-12(19)11-16-17-14-9-5-6-10-15(14)18(16)13-7-3-2-4-8-13/h2-10H,11H2,1H3. The van der Waals surface area contributed by atoms with Crippen molar-refractivity contribution < 1.29 is 4.79 Å². The van der Waals surface area contributed by atoms with Crippen LogP contribution >= 0.6 is 0 Å². The molecule has 0 atom stereocenters. The summed E-state index contributed by atoms with van der Waals surface area (Å²) in [5.41, 5.74) is 2.99. The summed E-state index contributed by atoms with van der Waals surface area (Å²) >= 11 is 0. The van der Waals surface area contributed by atoms with E-state index in [1.165, 1.54) is 0 Å². The van der Waals surface area contributed by atoms with Crippen LogP contribution in [0.5, 0.6) is 0 Å². The van der Waals surface area contributed by atoms with E-state index >= 15 is 0 Å². The number of imidazole rings is 1. The van der Waals surface area contributed by atoms with Crippen molar-refractivity contribution in [3.05, 3.63) is 60.4 Å². The minimum atomic E-state index is 0.118. The second-order valence-corrected chi connectivity index (χ2v) is 4.57. The third-order valence-corrected chi connectivity index (χ3v) is 3.05. The number of ketones is 1. The summed E-state index contributed by atoms with van der Waals surface area (Å²) in [5.74, 6) is 0.910. The molecule has 3 heteroatoms. The lowest BCUT2D eigenvalue weighted by atomic mass is 10.2. The second kappa shape index (κ2) is 4.69. The zero-order chi connectivity index (χ0) is 13.2. The van der Waals surface area contributed by atoms with Crippen LogP contribution in [-0.4, -0.2) is 15.3 Å². The minimum absolute atomic E-state index is 0.118. The van der Waals surface area contributed by atoms with E-state index in [1.807, 2.05) is 54.6 Å². The van der Waals surface area contributed by atoms with Gasteiger partial charge < -0.3 is 0 Å². The fourth-order valence-electron chi connectivity index (χ4n) is 2.28. The molecular formula is C16H14N2O. The maximum absolute atomic E-state index is 11.4. The summed E-state index contributed by atoms with van der Waals surface area (Å²) in [5, 5.41) is 0. The molecule has 3 rings (SSSR count).